The third-order valence-corrected chi connectivity index (χ3v) is 9.06. The predicted molar refractivity (Wildman–Crippen MR) is 166 cm³/mol. The van der Waals surface area contributed by atoms with Crippen LogP contribution in [-0.4, -0.2) is 112 Å². The largest absolute Gasteiger partial charge is 0.489 e. The fourth-order valence-corrected chi connectivity index (χ4v) is 6.44. The van der Waals surface area contributed by atoms with Crippen molar-refractivity contribution in [1.29, 1.82) is 0 Å². The first-order valence-corrected chi connectivity index (χ1v) is 15.7. The van der Waals surface area contributed by atoms with Crippen LogP contribution in [0, 0.1) is 0 Å². The summed E-state index contributed by atoms with van der Waals surface area (Å²) >= 11 is 0. The first kappa shape index (κ1) is 35.2. The third-order valence-electron chi connectivity index (χ3n) is 9.06. The SMILES string of the molecule is C=C(COc1ccc2cc([C@H](C)C(=O)O)ccc2c1C1C[C@@H](OCC(=O)O)[C@H]2OC(C)(C)OC[C@H]2O1)C[C@@H]1O[C@@H](C)[C@@H](O)[C@@H](O)[C@@H]1O. The molecule has 13 heteroatoms. The minimum atomic E-state index is -1.36. The van der Waals surface area contributed by atoms with Gasteiger partial charge in [0.15, 0.2) is 5.79 Å². The number of carboxylic acid groups (broad SMARTS) is 2. The molecule has 0 saturated carbocycles. The van der Waals surface area contributed by atoms with Crippen molar-refractivity contribution < 1.29 is 63.5 Å². The molecule has 2 aromatic rings. The second-order valence-electron chi connectivity index (χ2n) is 13.0. The summed E-state index contributed by atoms with van der Waals surface area (Å²) in [5.41, 5.74) is 1.83. The van der Waals surface area contributed by atoms with E-state index in [1.807, 2.05) is 18.2 Å². The van der Waals surface area contributed by atoms with Gasteiger partial charge in [0.25, 0.3) is 0 Å². The van der Waals surface area contributed by atoms with Crippen LogP contribution < -0.4 is 4.74 Å². The van der Waals surface area contributed by atoms with Gasteiger partial charge in [-0.1, -0.05) is 30.8 Å². The number of fused-ring (bicyclic) bond motifs is 2. The molecule has 3 aliphatic heterocycles. The van der Waals surface area contributed by atoms with Gasteiger partial charge in [-0.05, 0) is 55.7 Å². The van der Waals surface area contributed by atoms with Gasteiger partial charge in [-0.2, -0.15) is 0 Å². The van der Waals surface area contributed by atoms with Crippen LogP contribution in [0.2, 0.25) is 0 Å². The quantitative estimate of drug-likeness (QED) is 0.221. The van der Waals surface area contributed by atoms with Gasteiger partial charge in [-0.3, -0.25) is 4.79 Å². The number of carboxylic acids is 2. The van der Waals surface area contributed by atoms with Crippen molar-refractivity contribution in [3.63, 3.8) is 0 Å². The molecular formula is C34H44O13. The number of benzene rings is 2. The Hall–Kier alpha value is -3.14. The van der Waals surface area contributed by atoms with Crippen LogP contribution in [0.3, 0.4) is 0 Å². The topological polar surface area (TPSA) is 191 Å². The van der Waals surface area contributed by atoms with Crippen LogP contribution in [0.15, 0.2) is 42.5 Å². The molecule has 0 aliphatic carbocycles. The van der Waals surface area contributed by atoms with E-state index in [2.05, 4.69) is 6.58 Å². The van der Waals surface area contributed by atoms with Crippen LogP contribution in [0.1, 0.15) is 63.7 Å². The van der Waals surface area contributed by atoms with Crippen molar-refractivity contribution in [3.8, 4) is 5.75 Å². The van der Waals surface area contributed by atoms with E-state index in [4.69, 9.17) is 28.4 Å². The lowest BCUT2D eigenvalue weighted by Crippen LogP contribution is -2.58. The molecule has 0 aromatic heterocycles. The Morgan fingerprint density at radius 1 is 1.04 bits per heavy atom. The van der Waals surface area contributed by atoms with Crippen molar-refractivity contribution in [2.24, 2.45) is 0 Å². The Bertz CT molecular complexity index is 1470. The van der Waals surface area contributed by atoms with Gasteiger partial charge in [-0.15, -0.1) is 0 Å². The normalized spacial score (nSPS) is 32.7. The monoisotopic (exact) mass is 660 g/mol. The molecule has 0 spiro atoms. The molecule has 2 aromatic carbocycles. The highest BCUT2D eigenvalue weighted by Crippen LogP contribution is 2.45. The zero-order chi connectivity index (χ0) is 34.2. The summed E-state index contributed by atoms with van der Waals surface area (Å²) in [5.74, 6) is -3.28. The molecule has 3 saturated heterocycles. The van der Waals surface area contributed by atoms with E-state index in [1.54, 1.807) is 39.8 Å². The van der Waals surface area contributed by atoms with Crippen LogP contribution >= 0.6 is 0 Å². The number of rotatable bonds is 11. The highest BCUT2D eigenvalue weighted by molar-refractivity contribution is 5.90. The van der Waals surface area contributed by atoms with E-state index in [-0.39, 0.29) is 26.1 Å². The maximum absolute atomic E-state index is 11.7. The van der Waals surface area contributed by atoms with Gasteiger partial charge >= 0.3 is 11.9 Å². The molecule has 258 valence electrons. The van der Waals surface area contributed by atoms with Crippen LogP contribution in [0.25, 0.3) is 10.8 Å². The smallest absolute Gasteiger partial charge is 0.329 e. The van der Waals surface area contributed by atoms with E-state index in [9.17, 15) is 35.1 Å². The fraction of sp³-hybridized carbons (Fsp3) is 0.588. The molecule has 5 N–H and O–H groups in total. The second kappa shape index (κ2) is 14.1. The van der Waals surface area contributed by atoms with Crippen molar-refractivity contribution in [1.82, 2.24) is 0 Å². The summed E-state index contributed by atoms with van der Waals surface area (Å²) in [6.45, 7) is 10.5. The number of aliphatic carboxylic acids is 2. The van der Waals surface area contributed by atoms with Gasteiger partial charge < -0.3 is 54.0 Å². The Labute approximate surface area is 272 Å². The lowest BCUT2D eigenvalue weighted by Gasteiger charge is -2.48. The summed E-state index contributed by atoms with van der Waals surface area (Å²) in [6.07, 6.45) is -7.46. The van der Waals surface area contributed by atoms with Gasteiger partial charge in [0.2, 0.25) is 0 Å². The predicted octanol–water partition coefficient (Wildman–Crippen LogP) is 2.67. The Morgan fingerprint density at radius 2 is 1.79 bits per heavy atom. The third kappa shape index (κ3) is 7.79. The Morgan fingerprint density at radius 3 is 2.49 bits per heavy atom. The summed E-state index contributed by atoms with van der Waals surface area (Å²) in [4.78, 5) is 23.2. The van der Waals surface area contributed by atoms with Gasteiger partial charge in [0.05, 0.1) is 36.9 Å². The summed E-state index contributed by atoms with van der Waals surface area (Å²) in [5, 5.41) is 51.2. The molecular weight excluding hydrogens is 616 g/mol. The molecule has 0 radical (unpaired) electrons. The first-order chi connectivity index (χ1) is 22.1. The van der Waals surface area contributed by atoms with Crippen LogP contribution in [0.4, 0.5) is 0 Å². The highest BCUT2D eigenvalue weighted by Gasteiger charge is 2.48. The number of carbonyl (C=O) groups is 2. The average Bonchev–Trinajstić information content (AvgIpc) is 3.02. The van der Waals surface area contributed by atoms with Crippen molar-refractivity contribution in [2.45, 2.75) is 107 Å². The Balaban J connectivity index is 1.45. The van der Waals surface area contributed by atoms with E-state index < -0.39 is 85.2 Å². The van der Waals surface area contributed by atoms with Gasteiger partial charge in [0, 0.05) is 18.4 Å². The summed E-state index contributed by atoms with van der Waals surface area (Å²) in [7, 11) is 0. The second-order valence-corrected chi connectivity index (χ2v) is 13.0. The molecule has 47 heavy (non-hydrogen) atoms. The standard InChI is InChI=1S/C34H44O13/c1-16(10-24-30(38)31(39)29(37)18(3)45-24)13-42-22-9-7-20-11-19(17(2)33(40)41)6-8-21(20)28(22)23-12-25(43-15-27(35)36)32-26(46-23)14-44-34(4,5)47-32/h6-9,11,17-18,23-26,29-32,37-39H,1,10,12-15H2,2-5H3,(H,35,36)(H,40,41)/t17-,18-,23?,24-,25+,26+,29+,30+,31+,32+/m0/s1. The van der Waals surface area contributed by atoms with Crippen molar-refractivity contribution >= 4 is 22.7 Å². The van der Waals surface area contributed by atoms with Crippen LogP contribution in [0.5, 0.6) is 5.75 Å². The maximum atomic E-state index is 11.7. The Kier molecular flexibility index (Phi) is 10.6. The van der Waals surface area contributed by atoms with E-state index in [1.165, 1.54) is 0 Å². The number of hydrogen-bond acceptors (Lipinski definition) is 11. The molecule has 3 heterocycles. The summed E-state index contributed by atoms with van der Waals surface area (Å²) < 4.78 is 36.5. The average molecular weight is 661 g/mol. The maximum Gasteiger partial charge on any atom is 0.329 e. The molecule has 5 rings (SSSR count). The molecule has 10 atom stereocenters. The van der Waals surface area contributed by atoms with Crippen LogP contribution in [-0.2, 0) is 33.3 Å². The minimum Gasteiger partial charge on any atom is -0.489 e. The minimum absolute atomic E-state index is 0.0182. The molecule has 1 unspecified atom stereocenters. The number of ether oxygens (including phenoxy) is 6. The molecule has 13 nitrogen and oxygen atoms in total. The zero-order valence-corrected chi connectivity index (χ0v) is 26.9. The molecule has 0 bridgehead atoms. The van der Waals surface area contributed by atoms with Gasteiger partial charge in [-0.25, -0.2) is 4.79 Å². The number of aliphatic hydroxyl groups excluding tert-OH is 3. The van der Waals surface area contributed by atoms with E-state index in [0.29, 0.717) is 22.4 Å². The van der Waals surface area contributed by atoms with E-state index >= 15 is 0 Å². The van der Waals surface area contributed by atoms with Crippen molar-refractivity contribution in [2.75, 3.05) is 19.8 Å². The number of hydrogen-bond donors (Lipinski definition) is 5. The number of aliphatic hydroxyl groups is 3. The summed E-state index contributed by atoms with van der Waals surface area (Å²) in [6, 6.07) is 8.95. The van der Waals surface area contributed by atoms with Gasteiger partial charge in [0.1, 0.15) is 49.5 Å². The molecule has 0 amide bonds. The lowest BCUT2D eigenvalue weighted by atomic mass is 9.88. The fourth-order valence-electron chi connectivity index (χ4n) is 6.44. The lowest BCUT2D eigenvalue weighted by molar-refractivity contribution is -0.348. The molecule has 3 fully saturated rings. The highest BCUT2D eigenvalue weighted by atomic mass is 16.7. The van der Waals surface area contributed by atoms with Crippen molar-refractivity contribution in [3.05, 3.63) is 53.6 Å². The molecule has 3 aliphatic rings. The first-order valence-electron chi connectivity index (χ1n) is 15.7. The zero-order valence-electron chi connectivity index (χ0n) is 26.9. The van der Waals surface area contributed by atoms with E-state index in [0.717, 1.165) is 10.8 Å².